The first-order chi connectivity index (χ1) is 19.1. The molecule has 198 valence electrons. The third-order valence-electron chi connectivity index (χ3n) is 9.13. The van der Waals surface area contributed by atoms with E-state index in [0.717, 1.165) is 51.7 Å². The van der Waals surface area contributed by atoms with Crippen molar-refractivity contribution in [3.05, 3.63) is 129 Å². The van der Waals surface area contributed by atoms with Crippen LogP contribution in [0.4, 0.5) is 0 Å². The molecule has 39 heavy (non-hydrogen) atoms. The number of benzene rings is 4. The molecule has 2 heterocycles. The number of rotatable bonds is 10. The van der Waals surface area contributed by atoms with Crippen molar-refractivity contribution in [2.45, 2.75) is 70.0 Å². The second kappa shape index (κ2) is 10.1. The third-order valence-corrected chi connectivity index (χ3v) is 9.13. The van der Waals surface area contributed by atoms with Crippen LogP contribution in [0.25, 0.3) is 11.1 Å². The van der Waals surface area contributed by atoms with Gasteiger partial charge in [-0.25, -0.2) is 0 Å². The third kappa shape index (κ3) is 5.21. The van der Waals surface area contributed by atoms with E-state index in [2.05, 4.69) is 98.8 Å². The molecule has 0 saturated carbocycles. The van der Waals surface area contributed by atoms with E-state index < -0.39 is 0 Å². The van der Waals surface area contributed by atoms with Crippen molar-refractivity contribution in [1.29, 1.82) is 0 Å². The van der Waals surface area contributed by atoms with Crippen molar-refractivity contribution in [3.63, 3.8) is 0 Å². The fourth-order valence-corrected chi connectivity index (χ4v) is 6.68. The van der Waals surface area contributed by atoms with Crippen LogP contribution in [0.5, 0.6) is 0 Å². The molecule has 2 aliphatic heterocycles. The van der Waals surface area contributed by atoms with Crippen molar-refractivity contribution in [2.75, 3.05) is 13.2 Å². The Labute approximate surface area is 233 Å². The standard InChI is InChI=1S/C37H38O2/c1-25-3-13-33-34-14-4-26(2)20-36(34)37(35(33)19-25,17-15-27-5-9-29(10-6-27)21-31-23-38-31)18-16-28-7-11-30(12-8-28)22-32-24-39-32/h3-14,19-20,31-32H,15-18,21-24H2,1-2H3. The van der Waals surface area contributed by atoms with Crippen LogP contribution in [0.15, 0.2) is 84.9 Å². The van der Waals surface area contributed by atoms with E-state index in [4.69, 9.17) is 9.47 Å². The quantitative estimate of drug-likeness (QED) is 0.202. The Morgan fingerprint density at radius 2 is 0.949 bits per heavy atom. The van der Waals surface area contributed by atoms with Crippen molar-refractivity contribution in [1.82, 2.24) is 0 Å². The van der Waals surface area contributed by atoms with Crippen LogP contribution in [0.3, 0.4) is 0 Å². The van der Waals surface area contributed by atoms with E-state index >= 15 is 0 Å². The first-order valence-corrected chi connectivity index (χ1v) is 14.7. The normalized spacial score (nSPS) is 19.9. The predicted molar refractivity (Wildman–Crippen MR) is 159 cm³/mol. The van der Waals surface area contributed by atoms with E-state index in [-0.39, 0.29) is 5.41 Å². The van der Waals surface area contributed by atoms with Gasteiger partial charge in [0, 0.05) is 18.3 Å². The molecule has 2 nitrogen and oxygen atoms in total. The molecule has 0 bridgehead atoms. The lowest BCUT2D eigenvalue weighted by Gasteiger charge is -2.33. The highest BCUT2D eigenvalue weighted by Gasteiger charge is 2.42. The van der Waals surface area contributed by atoms with E-state index in [9.17, 15) is 0 Å². The summed E-state index contributed by atoms with van der Waals surface area (Å²) in [5.74, 6) is 0. The molecular formula is C37H38O2. The Kier molecular flexibility index (Phi) is 6.41. The zero-order valence-corrected chi connectivity index (χ0v) is 23.2. The maximum Gasteiger partial charge on any atom is 0.0850 e. The average molecular weight is 515 g/mol. The summed E-state index contributed by atoms with van der Waals surface area (Å²) < 4.78 is 10.9. The van der Waals surface area contributed by atoms with E-state index in [1.807, 2.05) is 0 Å². The second-order valence-corrected chi connectivity index (χ2v) is 12.1. The molecule has 2 fully saturated rings. The van der Waals surface area contributed by atoms with Gasteiger partial charge in [0.15, 0.2) is 0 Å². The molecule has 7 rings (SSSR count). The van der Waals surface area contributed by atoms with E-state index in [1.165, 1.54) is 55.6 Å². The van der Waals surface area contributed by atoms with Gasteiger partial charge in [-0.3, -0.25) is 0 Å². The highest BCUT2D eigenvalue weighted by atomic mass is 16.6. The molecule has 4 aromatic rings. The van der Waals surface area contributed by atoms with Crippen molar-refractivity contribution in [2.24, 2.45) is 0 Å². The Bertz CT molecular complexity index is 1360. The van der Waals surface area contributed by atoms with Crippen molar-refractivity contribution in [3.8, 4) is 11.1 Å². The zero-order valence-electron chi connectivity index (χ0n) is 23.2. The molecule has 2 unspecified atom stereocenters. The Morgan fingerprint density at radius 1 is 0.564 bits per heavy atom. The zero-order chi connectivity index (χ0) is 26.4. The highest BCUT2D eigenvalue weighted by molar-refractivity contribution is 5.81. The van der Waals surface area contributed by atoms with Gasteiger partial charge < -0.3 is 9.47 Å². The summed E-state index contributed by atoms with van der Waals surface area (Å²) in [6.45, 7) is 6.31. The predicted octanol–water partition coefficient (Wildman–Crippen LogP) is 7.72. The van der Waals surface area contributed by atoms with Crippen molar-refractivity contribution < 1.29 is 9.47 Å². The van der Waals surface area contributed by atoms with Crippen LogP contribution < -0.4 is 0 Å². The van der Waals surface area contributed by atoms with Gasteiger partial charge in [-0.05, 0) is 84.0 Å². The molecule has 0 amide bonds. The van der Waals surface area contributed by atoms with Gasteiger partial charge in [-0.15, -0.1) is 0 Å². The smallest absolute Gasteiger partial charge is 0.0850 e. The molecule has 2 heteroatoms. The van der Waals surface area contributed by atoms with Gasteiger partial charge >= 0.3 is 0 Å². The topological polar surface area (TPSA) is 25.1 Å². The van der Waals surface area contributed by atoms with E-state index in [1.54, 1.807) is 0 Å². The lowest BCUT2D eigenvalue weighted by molar-refractivity contribution is 0.407. The van der Waals surface area contributed by atoms with Gasteiger partial charge in [0.05, 0.1) is 25.4 Å². The number of hydrogen-bond acceptors (Lipinski definition) is 2. The van der Waals surface area contributed by atoms with Gasteiger partial charge in [0.1, 0.15) is 0 Å². The summed E-state index contributed by atoms with van der Waals surface area (Å²) in [5.41, 5.74) is 14.2. The summed E-state index contributed by atoms with van der Waals surface area (Å²) in [4.78, 5) is 0. The number of epoxide rings is 2. The number of ether oxygens (including phenoxy) is 2. The Hall–Kier alpha value is -3.20. The van der Waals surface area contributed by atoms with Gasteiger partial charge in [-0.2, -0.15) is 0 Å². The minimum atomic E-state index is 0.00372. The number of fused-ring (bicyclic) bond motifs is 3. The molecule has 2 atom stereocenters. The minimum absolute atomic E-state index is 0.00372. The monoisotopic (exact) mass is 514 g/mol. The maximum atomic E-state index is 5.44. The largest absolute Gasteiger partial charge is 0.373 e. The molecule has 0 spiro atoms. The fraction of sp³-hybridized carbons (Fsp3) is 0.351. The summed E-state index contributed by atoms with van der Waals surface area (Å²) in [6, 6.07) is 32.9. The van der Waals surface area contributed by atoms with Crippen LogP contribution >= 0.6 is 0 Å². The Balaban J connectivity index is 1.21. The van der Waals surface area contributed by atoms with Crippen LogP contribution in [0.1, 0.15) is 57.3 Å². The van der Waals surface area contributed by atoms with Gasteiger partial charge in [0.25, 0.3) is 0 Å². The molecule has 0 radical (unpaired) electrons. The molecule has 0 N–H and O–H groups in total. The number of aryl methyl sites for hydroxylation is 4. The molecule has 1 aliphatic carbocycles. The SMILES string of the molecule is Cc1ccc2c(c1)C(CCc1ccc(CC3CO3)cc1)(CCc1ccc(CC3CO3)cc1)c1cc(C)ccc1-2. The van der Waals surface area contributed by atoms with Crippen LogP contribution in [-0.4, -0.2) is 25.4 Å². The summed E-state index contributed by atoms with van der Waals surface area (Å²) in [7, 11) is 0. The van der Waals surface area contributed by atoms with Crippen LogP contribution in [0.2, 0.25) is 0 Å². The average Bonchev–Trinajstić information content (AvgIpc) is 3.89. The molecule has 2 saturated heterocycles. The van der Waals surface area contributed by atoms with Crippen LogP contribution in [0, 0.1) is 13.8 Å². The second-order valence-electron chi connectivity index (χ2n) is 12.1. The highest BCUT2D eigenvalue weighted by Crippen LogP contribution is 2.54. The molecular weight excluding hydrogens is 476 g/mol. The number of hydrogen-bond donors (Lipinski definition) is 0. The first kappa shape index (κ1) is 24.8. The lowest BCUT2D eigenvalue weighted by Crippen LogP contribution is -2.27. The minimum Gasteiger partial charge on any atom is -0.373 e. The van der Waals surface area contributed by atoms with Crippen LogP contribution in [-0.2, 0) is 40.6 Å². The fourth-order valence-electron chi connectivity index (χ4n) is 6.68. The van der Waals surface area contributed by atoms with E-state index in [0.29, 0.717) is 12.2 Å². The summed E-state index contributed by atoms with van der Waals surface area (Å²) in [6.07, 6.45) is 7.32. The maximum absolute atomic E-state index is 5.44. The Morgan fingerprint density at radius 3 is 1.33 bits per heavy atom. The molecule has 0 aromatic heterocycles. The summed E-state index contributed by atoms with van der Waals surface area (Å²) in [5, 5.41) is 0. The lowest BCUT2D eigenvalue weighted by atomic mass is 9.70. The van der Waals surface area contributed by atoms with Gasteiger partial charge in [0.2, 0.25) is 0 Å². The molecule has 4 aromatic carbocycles. The summed E-state index contributed by atoms with van der Waals surface area (Å²) >= 11 is 0. The molecule has 3 aliphatic rings. The first-order valence-electron chi connectivity index (χ1n) is 14.7. The van der Waals surface area contributed by atoms with Gasteiger partial charge in [-0.1, -0.05) is 96.1 Å². The van der Waals surface area contributed by atoms with Crippen molar-refractivity contribution >= 4 is 0 Å².